The number of hydrogen-bond acceptors (Lipinski definition) is 4. The number of carbonyl (C=O) groups is 1. The van der Waals surface area contributed by atoms with Gasteiger partial charge in [-0.15, -0.1) is 0 Å². The topological polar surface area (TPSA) is 63.1 Å². The smallest absolute Gasteiger partial charge is 0.272 e. The third kappa shape index (κ3) is 3.17. The number of nitrogens with zero attached hydrogens (tertiary/aromatic N) is 4. The summed E-state index contributed by atoms with van der Waals surface area (Å²) >= 11 is 0. The molecule has 1 unspecified atom stereocenters. The summed E-state index contributed by atoms with van der Waals surface area (Å²) in [4.78, 5) is 19.1. The second-order valence-corrected chi connectivity index (χ2v) is 5.65. The minimum Gasteiger partial charge on any atom is -0.337 e. The van der Waals surface area contributed by atoms with Crippen molar-refractivity contribution in [2.24, 2.45) is 5.92 Å². The zero-order chi connectivity index (χ0) is 15.4. The molecular formula is C16H21N5O. The summed E-state index contributed by atoms with van der Waals surface area (Å²) in [7, 11) is 1.95. The predicted octanol–water partition coefficient (Wildman–Crippen LogP) is 1.34. The second kappa shape index (κ2) is 6.70. The van der Waals surface area contributed by atoms with E-state index in [0.29, 0.717) is 17.4 Å². The molecule has 0 radical (unpaired) electrons. The standard InChI is InChI=1S/C16H21N5O/c1-17-11-13-5-3-9-20(12-13)16(22)14-6-2-7-15(19-14)21-10-4-8-18-21/h2,4,6-8,10,13,17H,3,5,9,11-12H2,1H3. The maximum Gasteiger partial charge on any atom is 0.272 e. The van der Waals surface area contributed by atoms with Gasteiger partial charge in [0.15, 0.2) is 5.82 Å². The molecule has 22 heavy (non-hydrogen) atoms. The second-order valence-electron chi connectivity index (χ2n) is 5.65. The Hall–Kier alpha value is -2.21. The molecule has 6 nitrogen and oxygen atoms in total. The van der Waals surface area contributed by atoms with Gasteiger partial charge in [-0.1, -0.05) is 6.07 Å². The van der Waals surface area contributed by atoms with Crippen LogP contribution >= 0.6 is 0 Å². The van der Waals surface area contributed by atoms with Crippen LogP contribution in [0.15, 0.2) is 36.7 Å². The van der Waals surface area contributed by atoms with Crippen molar-refractivity contribution in [3.8, 4) is 5.82 Å². The molecule has 2 aromatic rings. The molecule has 1 aliphatic heterocycles. The zero-order valence-corrected chi connectivity index (χ0v) is 12.8. The van der Waals surface area contributed by atoms with Crippen LogP contribution < -0.4 is 5.32 Å². The Kier molecular flexibility index (Phi) is 4.48. The van der Waals surface area contributed by atoms with Crippen LogP contribution in [-0.2, 0) is 0 Å². The Morgan fingerprint density at radius 1 is 1.41 bits per heavy atom. The van der Waals surface area contributed by atoms with E-state index in [2.05, 4.69) is 15.4 Å². The van der Waals surface area contributed by atoms with Crippen LogP contribution in [0.2, 0.25) is 0 Å². The van der Waals surface area contributed by atoms with Crippen molar-refractivity contribution in [3.05, 3.63) is 42.4 Å². The molecule has 1 amide bonds. The lowest BCUT2D eigenvalue weighted by Gasteiger charge is -2.32. The first kappa shape index (κ1) is 14.7. The van der Waals surface area contributed by atoms with E-state index in [1.165, 1.54) is 6.42 Å². The van der Waals surface area contributed by atoms with Crippen molar-refractivity contribution >= 4 is 5.91 Å². The molecule has 0 spiro atoms. The van der Waals surface area contributed by atoms with Gasteiger partial charge < -0.3 is 10.2 Å². The van der Waals surface area contributed by atoms with E-state index in [4.69, 9.17) is 0 Å². The van der Waals surface area contributed by atoms with Gasteiger partial charge in [-0.05, 0) is 50.6 Å². The first-order chi connectivity index (χ1) is 10.8. The van der Waals surface area contributed by atoms with Crippen LogP contribution in [0.4, 0.5) is 0 Å². The molecule has 116 valence electrons. The molecule has 0 aliphatic carbocycles. The Balaban J connectivity index is 1.76. The van der Waals surface area contributed by atoms with Gasteiger partial charge in [-0.2, -0.15) is 5.10 Å². The highest BCUT2D eigenvalue weighted by molar-refractivity contribution is 5.92. The lowest BCUT2D eigenvalue weighted by Crippen LogP contribution is -2.42. The van der Waals surface area contributed by atoms with Gasteiger partial charge in [-0.25, -0.2) is 9.67 Å². The number of aromatic nitrogens is 3. The molecule has 1 N–H and O–H groups in total. The van der Waals surface area contributed by atoms with Gasteiger partial charge >= 0.3 is 0 Å². The molecule has 1 atom stereocenters. The first-order valence-corrected chi connectivity index (χ1v) is 7.69. The van der Waals surface area contributed by atoms with Crippen molar-refractivity contribution in [1.82, 2.24) is 25.0 Å². The van der Waals surface area contributed by atoms with Gasteiger partial charge in [0.05, 0.1) is 0 Å². The highest BCUT2D eigenvalue weighted by atomic mass is 16.2. The van der Waals surface area contributed by atoms with E-state index >= 15 is 0 Å². The van der Waals surface area contributed by atoms with Gasteiger partial charge in [0.2, 0.25) is 0 Å². The van der Waals surface area contributed by atoms with Crippen molar-refractivity contribution < 1.29 is 4.79 Å². The maximum absolute atomic E-state index is 12.7. The third-order valence-corrected chi connectivity index (χ3v) is 3.99. The molecule has 1 fully saturated rings. The number of pyridine rings is 1. The number of amides is 1. The molecule has 3 heterocycles. The minimum atomic E-state index is 0.00908. The molecule has 1 saturated heterocycles. The Bertz CT molecular complexity index is 623. The number of nitrogens with one attached hydrogen (secondary N) is 1. The Labute approximate surface area is 130 Å². The van der Waals surface area contributed by atoms with Crippen LogP contribution in [0.1, 0.15) is 23.3 Å². The van der Waals surface area contributed by atoms with E-state index in [1.54, 1.807) is 16.9 Å². The molecule has 0 saturated carbocycles. The number of piperidine rings is 1. The number of carbonyl (C=O) groups excluding carboxylic acids is 1. The van der Waals surface area contributed by atoms with Gasteiger partial charge in [0, 0.05) is 25.5 Å². The SMILES string of the molecule is CNCC1CCCN(C(=O)c2cccc(-n3cccn3)n2)C1. The molecule has 0 bridgehead atoms. The maximum atomic E-state index is 12.7. The van der Waals surface area contributed by atoms with Crippen LogP contribution in [0.3, 0.4) is 0 Å². The average Bonchev–Trinajstić information content (AvgIpc) is 3.09. The Morgan fingerprint density at radius 2 is 2.32 bits per heavy atom. The predicted molar refractivity (Wildman–Crippen MR) is 83.9 cm³/mol. The zero-order valence-electron chi connectivity index (χ0n) is 12.8. The van der Waals surface area contributed by atoms with E-state index in [-0.39, 0.29) is 5.91 Å². The van der Waals surface area contributed by atoms with Crippen LogP contribution in [0.5, 0.6) is 0 Å². The minimum absolute atomic E-state index is 0.00908. The summed E-state index contributed by atoms with van der Waals surface area (Å²) in [6.45, 7) is 2.56. The molecule has 0 aromatic carbocycles. The van der Waals surface area contributed by atoms with Crippen molar-refractivity contribution in [2.75, 3.05) is 26.7 Å². The fourth-order valence-electron chi connectivity index (χ4n) is 2.94. The molecule has 6 heteroatoms. The van der Waals surface area contributed by atoms with Crippen molar-refractivity contribution in [2.45, 2.75) is 12.8 Å². The number of hydrogen-bond donors (Lipinski definition) is 1. The molecule has 2 aromatic heterocycles. The fourth-order valence-corrected chi connectivity index (χ4v) is 2.94. The van der Waals surface area contributed by atoms with E-state index in [1.807, 2.05) is 36.3 Å². The first-order valence-electron chi connectivity index (χ1n) is 7.69. The van der Waals surface area contributed by atoms with E-state index in [0.717, 1.165) is 26.1 Å². The lowest BCUT2D eigenvalue weighted by atomic mass is 9.98. The summed E-state index contributed by atoms with van der Waals surface area (Å²) in [5, 5.41) is 7.36. The molecule has 1 aliphatic rings. The van der Waals surface area contributed by atoms with E-state index in [9.17, 15) is 4.79 Å². The monoisotopic (exact) mass is 299 g/mol. The number of likely N-dealkylation sites (tertiary alicyclic amines) is 1. The highest BCUT2D eigenvalue weighted by Crippen LogP contribution is 2.18. The van der Waals surface area contributed by atoms with E-state index < -0.39 is 0 Å². The number of rotatable bonds is 4. The fraction of sp³-hybridized carbons (Fsp3) is 0.438. The summed E-state index contributed by atoms with van der Waals surface area (Å²) in [6, 6.07) is 7.32. The molecular weight excluding hydrogens is 278 g/mol. The van der Waals surface area contributed by atoms with Crippen LogP contribution in [-0.4, -0.2) is 52.3 Å². The summed E-state index contributed by atoms with van der Waals surface area (Å²) in [5.41, 5.74) is 0.484. The normalized spacial score (nSPS) is 18.4. The van der Waals surface area contributed by atoms with Crippen molar-refractivity contribution in [3.63, 3.8) is 0 Å². The summed E-state index contributed by atoms with van der Waals surface area (Å²) in [5.74, 6) is 1.20. The van der Waals surface area contributed by atoms with Gasteiger partial charge in [0.1, 0.15) is 5.69 Å². The molecule has 3 rings (SSSR count). The van der Waals surface area contributed by atoms with Gasteiger partial charge in [-0.3, -0.25) is 4.79 Å². The largest absolute Gasteiger partial charge is 0.337 e. The highest BCUT2D eigenvalue weighted by Gasteiger charge is 2.24. The quantitative estimate of drug-likeness (QED) is 0.925. The van der Waals surface area contributed by atoms with Crippen LogP contribution in [0.25, 0.3) is 5.82 Å². The average molecular weight is 299 g/mol. The summed E-state index contributed by atoms with van der Waals surface area (Å²) < 4.78 is 1.66. The third-order valence-electron chi connectivity index (χ3n) is 3.99. The van der Waals surface area contributed by atoms with Crippen molar-refractivity contribution in [1.29, 1.82) is 0 Å². The Morgan fingerprint density at radius 3 is 3.09 bits per heavy atom. The van der Waals surface area contributed by atoms with Gasteiger partial charge in [0.25, 0.3) is 5.91 Å². The van der Waals surface area contributed by atoms with Crippen LogP contribution in [0, 0.1) is 5.92 Å². The lowest BCUT2D eigenvalue weighted by molar-refractivity contribution is 0.0668. The summed E-state index contributed by atoms with van der Waals surface area (Å²) in [6.07, 6.45) is 5.74.